The van der Waals surface area contributed by atoms with Gasteiger partial charge in [0.2, 0.25) is 0 Å². The molecule has 3 spiro atoms. The molecule has 0 bridgehead atoms. The molecule has 4 aliphatic heterocycles. The first-order valence-corrected chi connectivity index (χ1v) is 13.8. The van der Waals surface area contributed by atoms with Crippen LogP contribution < -0.4 is 0 Å². The van der Waals surface area contributed by atoms with Crippen LogP contribution in [0.4, 0.5) is 0 Å². The molecule has 0 aromatic carbocycles. The van der Waals surface area contributed by atoms with Gasteiger partial charge in [0.1, 0.15) is 0 Å². The van der Waals surface area contributed by atoms with Gasteiger partial charge in [-0.15, -0.1) is 0 Å². The van der Waals surface area contributed by atoms with Crippen LogP contribution in [0.15, 0.2) is 0 Å². The number of piperidine rings is 2. The molecule has 0 aliphatic carbocycles. The zero-order chi connectivity index (χ0) is 26.6. The van der Waals surface area contributed by atoms with Crippen LogP contribution in [-0.2, 0) is 18.9 Å². The lowest BCUT2D eigenvalue weighted by molar-refractivity contribution is -0.432. The minimum atomic E-state index is -0.613. The van der Waals surface area contributed by atoms with E-state index in [2.05, 4.69) is 107 Å². The lowest BCUT2D eigenvalue weighted by Crippen LogP contribution is -2.78. The van der Waals surface area contributed by atoms with Crippen LogP contribution in [0.5, 0.6) is 0 Å². The Morgan fingerprint density at radius 1 is 0.457 bits per heavy atom. The van der Waals surface area contributed by atoms with Gasteiger partial charge in [0, 0.05) is 45.8 Å². The molecule has 6 nitrogen and oxygen atoms in total. The van der Waals surface area contributed by atoms with Crippen molar-refractivity contribution >= 4 is 0 Å². The Balaban J connectivity index is 1.56. The van der Waals surface area contributed by atoms with Crippen LogP contribution in [0.3, 0.4) is 0 Å². The Morgan fingerprint density at radius 2 is 0.657 bits per heavy atom. The minimum absolute atomic E-state index is 0.0553. The molecule has 6 heteroatoms. The molecule has 4 saturated heterocycles. The van der Waals surface area contributed by atoms with E-state index in [0.29, 0.717) is 26.4 Å². The first-order chi connectivity index (χ1) is 15.8. The minimum Gasteiger partial charge on any atom is -0.348 e. The predicted molar refractivity (Wildman–Crippen MR) is 140 cm³/mol. The van der Waals surface area contributed by atoms with E-state index < -0.39 is 11.6 Å². The molecule has 4 heterocycles. The number of likely N-dealkylation sites (tertiary alicyclic amines) is 2. The Kier molecular flexibility index (Phi) is 6.26. The molecule has 0 radical (unpaired) electrons. The Hall–Kier alpha value is -0.240. The smallest absolute Gasteiger partial charge is 0.176 e. The Bertz CT molecular complexity index is 699. The van der Waals surface area contributed by atoms with E-state index in [1.54, 1.807) is 0 Å². The molecule has 35 heavy (non-hydrogen) atoms. The second-order valence-electron chi connectivity index (χ2n) is 14.7. The van der Waals surface area contributed by atoms with Crippen LogP contribution in [-0.4, -0.2) is 84.1 Å². The van der Waals surface area contributed by atoms with Crippen LogP contribution in [0.25, 0.3) is 0 Å². The maximum atomic E-state index is 6.86. The molecule has 0 saturated carbocycles. The zero-order valence-electron chi connectivity index (χ0n) is 25.2. The molecular weight excluding hydrogens is 440 g/mol. The number of rotatable bonds is 0. The summed E-state index contributed by atoms with van der Waals surface area (Å²) in [5.74, 6) is -0.364. The lowest BCUT2D eigenvalue weighted by atomic mass is 9.63. The van der Waals surface area contributed by atoms with E-state index in [4.69, 9.17) is 18.9 Å². The summed E-state index contributed by atoms with van der Waals surface area (Å²) in [5, 5.41) is 0. The van der Waals surface area contributed by atoms with Gasteiger partial charge >= 0.3 is 0 Å². The molecule has 204 valence electrons. The summed E-state index contributed by atoms with van der Waals surface area (Å²) >= 11 is 0. The van der Waals surface area contributed by atoms with Crippen LogP contribution in [0.1, 0.15) is 83.1 Å². The SMILES string of the molecule is CC1C2(OCC3(CO2)COC2(OC3)C(C)C(C)(C)N(C)C(C)(C)C2C)C(C)C(C)(C)N(C)C1(C)C. The quantitative estimate of drug-likeness (QED) is 0.472. The van der Waals surface area contributed by atoms with Gasteiger partial charge in [0.15, 0.2) is 11.6 Å². The van der Waals surface area contributed by atoms with Crippen molar-refractivity contribution in [1.82, 2.24) is 9.80 Å². The molecule has 4 unspecified atom stereocenters. The number of hydrogen-bond donors (Lipinski definition) is 0. The van der Waals surface area contributed by atoms with Gasteiger partial charge in [0.05, 0.1) is 31.8 Å². The first kappa shape index (κ1) is 27.8. The summed E-state index contributed by atoms with van der Waals surface area (Å²) in [5.41, 5.74) is -0.494. The highest BCUT2D eigenvalue weighted by Gasteiger charge is 2.67. The topological polar surface area (TPSA) is 43.4 Å². The van der Waals surface area contributed by atoms with E-state index in [1.165, 1.54) is 0 Å². The van der Waals surface area contributed by atoms with Crippen LogP contribution >= 0.6 is 0 Å². The first-order valence-electron chi connectivity index (χ1n) is 13.8. The van der Waals surface area contributed by atoms with Gasteiger partial charge in [-0.3, -0.25) is 9.80 Å². The van der Waals surface area contributed by atoms with Crippen molar-refractivity contribution in [3.05, 3.63) is 0 Å². The van der Waals surface area contributed by atoms with Crippen molar-refractivity contribution in [1.29, 1.82) is 0 Å². The normalized spacial score (nSPS) is 49.5. The predicted octanol–water partition coefficient (Wildman–Crippen LogP) is 5.01. The summed E-state index contributed by atoms with van der Waals surface area (Å²) in [4.78, 5) is 5.00. The fraction of sp³-hybridized carbons (Fsp3) is 1.00. The van der Waals surface area contributed by atoms with Crippen molar-refractivity contribution in [3.8, 4) is 0 Å². The lowest BCUT2D eigenvalue weighted by Gasteiger charge is -2.68. The van der Waals surface area contributed by atoms with Gasteiger partial charge in [-0.2, -0.15) is 0 Å². The van der Waals surface area contributed by atoms with E-state index in [9.17, 15) is 0 Å². The number of hydrogen-bond acceptors (Lipinski definition) is 6. The molecule has 4 fully saturated rings. The second kappa shape index (κ2) is 7.89. The fourth-order valence-electron chi connectivity index (χ4n) is 7.76. The number of nitrogens with zero attached hydrogens (tertiary/aromatic N) is 2. The molecule has 0 aromatic rings. The van der Waals surface area contributed by atoms with E-state index in [0.717, 1.165) is 0 Å². The van der Waals surface area contributed by atoms with Crippen molar-refractivity contribution in [2.75, 3.05) is 40.5 Å². The Morgan fingerprint density at radius 3 is 0.857 bits per heavy atom. The summed E-state index contributed by atoms with van der Waals surface area (Å²) in [6.45, 7) is 30.0. The van der Waals surface area contributed by atoms with E-state index in [1.807, 2.05) is 0 Å². The molecule has 4 rings (SSSR count). The molecule has 0 amide bonds. The maximum Gasteiger partial charge on any atom is 0.176 e. The van der Waals surface area contributed by atoms with Gasteiger partial charge < -0.3 is 18.9 Å². The molecule has 0 N–H and O–H groups in total. The molecule has 4 aliphatic rings. The van der Waals surface area contributed by atoms with Gasteiger partial charge in [-0.05, 0) is 69.5 Å². The molecular formula is C29H54N2O4. The summed E-state index contributed by atoms with van der Waals surface area (Å²) in [7, 11) is 4.47. The third-order valence-corrected chi connectivity index (χ3v) is 12.5. The molecule has 4 atom stereocenters. The van der Waals surface area contributed by atoms with Crippen molar-refractivity contribution in [3.63, 3.8) is 0 Å². The summed E-state index contributed by atoms with van der Waals surface area (Å²) < 4.78 is 27.4. The monoisotopic (exact) mass is 494 g/mol. The summed E-state index contributed by atoms with van der Waals surface area (Å²) in [6.07, 6.45) is 0. The van der Waals surface area contributed by atoms with Crippen molar-refractivity contribution in [2.24, 2.45) is 29.1 Å². The average molecular weight is 495 g/mol. The fourth-order valence-corrected chi connectivity index (χ4v) is 7.76. The maximum absolute atomic E-state index is 6.86. The van der Waals surface area contributed by atoms with Crippen molar-refractivity contribution < 1.29 is 18.9 Å². The highest BCUT2D eigenvalue weighted by atomic mass is 16.7. The van der Waals surface area contributed by atoms with Gasteiger partial charge in [-0.25, -0.2) is 0 Å². The highest BCUT2D eigenvalue weighted by molar-refractivity contribution is 5.13. The number of ether oxygens (including phenoxy) is 4. The zero-order valence-corrected chi connectivity index (χ0v) is 25.2. The highest BCUT2D eigenvalue weighted by Crippen LogP contribution is 2.57. The van der Waals surface area contributed by atoms with Crippen LogP contribution in [0, 0.1) is 29.1 Å². The van der Waals surface area contributed by atoms with E-state index in [-0.39, 0.29) is 51.2 Å². The second-order valence-corrected chi connectivity index (χ2v) is 14.7. The Labute approximate surface area is 215 Å². The average Bonchev–Trinajstić information content (AvgIpc) is 2.81. The standard InChI is InChI=1S/C29H54N2O4/c1-19-23(5,6)30(13)24(7,8)20(2)28(19)32-15-27(16-33-28)17-34-29(35-18-27)21(3)25(9,10)31(14)26(11,12)22(29)4/h19-22H,15-18H2,1-14H3. The van der Waals surface area contributed by atoms with Gasteiger partial charge in [-0.1, -0.05) is 27.7 Å². The third kappa shape index (κ3) is 3.42. The van der Waals surface area contributed by atoms with Gasteiger partial charge in [0.25, 0.3) is 0 Å². The third-order valence-electron chi connectivity index (χ3n) is 12.5. The largest absolute Gasteiger partial charge is 0.348 e. The summed E-state index contributed by atoms with van der Waals surface area (Å²) in [6, 6.07) is 0. The van der Waals surface area contributed by atoms with Crippen LogP contribution in [0.2, 0.25) is 0 Å². The molecule has 0 aromatic heterocycles. The van der Waals surface area contributed by atoms with Crippen molar-refractivity contribution in [2.45, 2.75) is 117 Å². The van der Waals surface area contributed by atoms with E-state index >= 15 is 0 Å².